The second-order valence-corrected chi connectivity index (χ2v) is 7.14. The quantitative estimate of drug-likeness (QED) is 0.602. The monoisotopic (exact) mass is 298 g/mol. The zero-order valence-corrected chi connectivity index (χ0v) is 14.4. The molecule has 0 heterocycles. The molecule has 0 aliphatic heterocycles. The van der Waals surface area contributed by atoms with E-state index in [0.29, 0.717) is 0 Å². The van der Waals surface area contributed by atoms with Gasteiger partial charge in [-0.2, -0.15) is 0 Å². The second-order valence-electron chi connectivity index (χ2n) is 5.73. The fraction of sp³-hybridized carbons (Fsp3) is 0.400. The Kier molecular flexibility index (Phi) is 6.96. The summed E-state index contributed by atoms with van der Waals surface area (Å²) in [6, 6.07) is 18.3. The highest BCUT2D eigenvalue weighted by atomic mass is 31.1. The summed E-state index contributed by atoms with van der Waals surface area (Å²) in [6.45, 7) is 4.51. The fourth-order valence-electron chi connectivity index (χ4n) is 2.54. The van der Waals surface area contributed by atoms with Gasteiger partial charge in [-0.15, -0.1) is 0 Å². The third kappa shape index (κ3) is 5.64. The lowest BCUT2D eigenvalue weighted by Gasteiger charge is -2.07. The average molecular weight is 298 g/mol. The topological polar surface area (TPSA) is 0 Å². The van der Waals surface area contributed by atoms with Gasteiger partial charge in [0.1, 0.15) is 0 Å². The Morgan fingerprint density at radius 2 is 1.19 bits per heavy atom. The van der Waals surface area contributed by atoms with Gasteiger partial charge >= 0.3 is 0 Å². The molecular formula is C20H27P. The first kappa shape index (κ1) is 16.2. The average Bonchev–Trinajstić information content (AvgIpc) is 2.52. The second kappa shape index (κ2) is 9.00. The van der Waals surface area contributed by atoms with Crippen molar-refractivity contribution in [3.63, 3.8) is 0 Å². The molecule has 2 aromatic carbocycles. The van der Waals surface area contributed by atoms with Crippen molar-refractivity contribution >= 4 is 19.2 Å². The van der Waals surface area contributed by atoms with Crippen LogP contribution in [0.15, 0.2) is 48.5 Å². The van der Waals surface area contributed by atoms with Gasteiger partial charge in [0.05, 0.1) is 0 Å². The first-order valence-corrected chi connectivity index (χ1v) is 9.26. The minimum atomic E-state index is 0.780. The molecule has 2 aromatic rings. The molecule has 112 valence electrons. The number of hydrogen-bond acceptors (Lipinski definition) is 0. The van der Waals surface area contributed by atoms with Crippen LogP contribution in [0.3, 0.4) is 0 Å². The molecule has 0 bridgehead atoms. The summed E-state index contributed by atoms with van der Waals surface area (Å²) in [4.78, 5) is 0. The van der Waals surface area contributed by atoms with Gasteiger partial charge in [-0.25, -0.2) is 0 Å². The maximum Gasteiger partial charge on any atom is -0.0223 e. The fourth-order valence-corrected chi connectivity index (χ4v) is 3.75. The van der Waals surface area contributed by atoms with E-state index in [4.69, 9.17) is 0 Å². The van der Waals surface area contributed by atoms with E-state index in [-0.39, 0.29) is 0 Å². The summed E-state index contributed by atoms with van der Waals surface area (Å²) in [5, 5.41) is 2.94. The highest BCUT2D eigenvalue weighted by molar-refractivity contribution is 7.55. The molecule has 0 fully saturated rings. The van der Waals surface area contributed by atoms with Gasteiger partial charge in [-0.1, -0.05) is 83.8 Å². The van der Waals surface area contributed by atoms with Crippen molar-refractivity contribution in [3.05, 3.63) is 59.7 Å². The summed E-state index contributed by atoms with van der Waals surface area (Å²) in [6.07, 6.45) is 7.55. The van der Waals surface area contributed by atoms with Crippen LogP contribution >= 0.6 is 8.58 Å². The highest BCUT2D eigenvalue weighted by Gasteiger charge is 2.00. The molecule has 0 amide bonds. The Balaban J connectivity index is 2.03. The smallest absolute Gasteiger partial charge is 0.0223 e. The predicted molar refractivity (Wildman–Crippen MR) is 97.7 cm³/mol. The van der Waals surface area contributed by atoms with Gasteiger partial charge in [-0.3, -0.25) is 0 Å². The van der Waals surface area contributed by atoms with Crippen molar-refractivity contribution in [2.45, 2.75) is 52.4 Å². The molecule has 0 N–H and O–H groups in total. The summed E-state index contributed by atoms with van der Waals surface area (Å²) in [5.74, 6) is 0. The van der Waals surface area contributed by atoms with Crippen LogP contribution < -0.4 is 10.6 Å². The van der Waals surface area contributed by atoms with Crippen LogP contribution in [0.4, 0.5) is 0 Å². The van der Waals surface area contributed by atoms with Crippen LogP contribution in [-0.2, 0) is 12.8 Å². The van der Waals surface area contributed by atoms with Crippen LogP contribution in [-0.4, -0.2) is 0 Å². The first-order chi connectivity index (χ1) is 10.3. The summed E-state index contributed by atoms with van der Waals surface area (Å²) in [5.41, 5.74) is 2.98. The number of rotatable bonds is 8. The molecular weight excluding hydrogens is 271 g/mol. The molecule has 0 nitrogen and oxygen atoms in total. The molecule has 0 saturated heterocycles. The van der Waals surface area contributed by atoms with Gasteiger partial charge in [0.25, 0.3) is 0 Å². The molecule has 0 spiro atoms. The minimum Gasteiger partial charge on any atom is -0.0654 e. The minimum absolute atomic E-state index is 0.780. The molecule has 0 saturated carbocycles. The Morgan fingerprint density at radius 3 is 1.62 bits per heavy atom. The van der Waals surface area contributed by atoms with Gasteiger partial charge < -0.3 is 0 Å². The Hall–Kier alpha value is -1.13. The van der Waals surface area contributed by atoms with Crippen molar-refractivity contribution in [1.29, 1.82) is 0 Å². The first-order valence-electron chi connectivity index (χ1n) is 8.26. The Morgan fingerprint density at radius 1 is 0.714 bits per heavy atom. The third-order valence-corrected chi connectivity index (χ3v) is 4.98. The summed E-state index contributed by atoms with van der Waals surface area (Å²) >= 11 is 0. The third-order valence-electron chi connectivity index (χ3n) is 3.78. The number of aryl methyl sites for hydroxylation is 2. The van der Waals surface area contributed by atoms with Crippen LogP contribution in [0, 0.1) is 0 Å². The van der Waals surface area contributed by atoms with Crippen molar-refractivity contribution in [3.8, 4) is 0 Å². The lowest BCUT2D eigenvalue weighted by atomic mass is 10.1. The maximum atomic E-state index is 2.40. The van der Waals surface area contributed by atoms with Gasteiger partial charge in [0.15, 0.2) is 0 Å². The van der Waals surface area contributed by atoms with E-state index in [9.17, 15) is 0 Å². The van der Waals surface area contributed by atoms with E-state index >= 15 is 0 Å². The van der Waals surface area contributed by atoms with Gasteiger partial charge in [0, 0.05) is 0 Å². The van der Waals surface area contributed by atoms with E-state index in [0.717, 1.165) is 8.58 Å². The molecule has 0 unspecified atom stereocenters. The largest absolute Gasteiger partial charge is 0.0654 e. The van der Waals surface area contributed by atoms with Crippen molar-refractivity contribution in [2.75, 3.05) is 0 Å². The molecule has 0 aliphatic carbocycles. The maximum absolute atomic E-state index is 2.40. The predicted octanol–water partition coefficient (Wildman–Crippen LogP) is 5.00. The van der Waals surface area contributed by atoms with E-state index < -0.39 is 0 Å². The zero-order chi connectivity index (χ0) is 14.9. The van der Waals surface area contributed by atoms with E-state index in [1.165, 1.54) is 60.3 Å². The molecule has 0 atom stereocenters. The van der Waals surface area contributed by atoms with Crippen LogP contribution in [0.2, 0.25) is 0 Å². The number of unbranched alkanes of at least 4 members (excludes halogenated alkanes) is 2. The Bertz CT molecular complexity index is 496. The molecule has 0 radical (unpaired) electrons. The van der Waals surface area contributed by atoms with Crippen molar-refractivity contribution in [1.82, 2.24) is 0 Å². The van der Waals surface area contributed by atoms with Crippen molar-refractivity contribution in [2.24, 2.45) is 0 Å². The van der Waals surface area contributed by atoms with Crippen LogP contribution in [0.25, 0.3) is 0 Å². The Labute approximate surface area is 131 Å². The van der Waals surface area contributed by atoms with E-state index in [1.807, 2.05) is 0 Å². The van der Waals surface area contributed by atoms with Crippen LogP contribution in [0.1, 0.15) is 50.7 Å². The molecule has 21 heavy (non-hydrogen) atoms. The lowest BCUT2D eigenvalue weighted by Crippen LogP contribution is -2.05. The number of benzene rings is 2. The van der Waals surface area contributed by atoms with Crippen molar-refractivity contribution < 1.29 is 0 Å². The van der Waals surface area contributed by atoms with E-state index in [1.54, 1.807) is 0 Å². The SMILES string of the molecule is CCCCc1cccc(Pc2cccc(CCCC)c2)c1. The summed E-state index contributed by atoms with van der Waals surface area (Å²) in [7, 11) is 0.780. The normalized spacial score (nSPS) is 10.8. The van der Waals surface area contributed by atoms with Gasteiger partial charge in [0.2, 0.25) is 0 Å². The molecule has 0 aromatic heterocycles. The summed E-state index contributed by atoms with van der Waals surface area (Å²) < 4.78 is 0. The molecule has 1 heteroatoms. The lowest BCUT2D eigenvalue weighted by molar-refractivity contribution is 0.795. The molecule has 2 rings (SSSR count). The molecule has 0 aliphatic rings. The van der Waals surface area contributed by atoms with Gasteiger partial charge in [-0.05, 0) is 47.4 Å². The van der Waals surface area contributed by atoms with E-state index in [2.05, 4.69) is 62.4 Å². The zero-order valence-electron chi connectivity index (χ0n) is 13.4. The standard InChI is InChI=1S/C20H27P/c1-3-5-9-17-11-7-13-19(15-17)21-20-14-8-12-18(16-20)10-6-4-2/h7-8,11-16,21H,3-6,9-10H2,1-2H3. The highest BCUT2D eigenvalue weighted by Crippen LogP contribution is 2.15. The van der Waals surface area contributed by atoms with Crippen LogP contribution in [0.5, 0.6) is 0 Å². The number of hydrogen-bond donors (Lipinski definition) is 0.